The SMILES string of the molecule is Cc1ccc2cc(C(=O)NCC(C)(O)C(=O)O)[nH]c2c1. The normalized spacial score (nSPS) is 13.9. The number of aliphatic carboxylic acids is 1. The van der Waals surface area contributed by atoms with Gasteiger partial charge in [0.05, 0.1) is 6.54 Å². The van der Waals surface area contributed by atoms with E-state index in [1.54, 1.807) is 6.07 Å². The molecule has 0 radical (unpaired) electrons. The van der Waals surface area contributed by atoms with Crippen LogP contribution in [-0.2, 0) is 4.79 Å². The molecular formula is C14H16N2O4. The van der Waals surface area contributed by atoms with E-state index in [4.69, 9.17) is 5.11 Å². The summed E-state index contributed by atoms with van der Waals surface area (Å²) < 4.78 is 0. The summed E-state index contributed by atoms with van der Waals surface area (Å²) in [6.07, 6.45) is 0. The van der Waals surface area contributed by atoms with Crippen LogP contribution >= 0.6 is 0 Å². The molecule has 0 aliphatic rings. The third-order valence-electron chi connectivity index (χ3n) is 3.08. The number of benzene rings is 1. The zero-order valence-electron chi connectivity index (χ0n) is 11.2. The summed E-state index contributed by atoms with van der Waals surface area (Å²) in [5, 5.41) is 21.6. The maximum Gasteiger partial charge on any atom is 0.337 e. The number of aryl methyl sites for hydroxylation is 1. The van der Waals surface area contributed by atoms with Gasteiger partial charge in [-0.1, -0.05) is 12.1 Å². The van der Waals surface area contributed by atoms with E-state index in [0.717, 1.165) is 23.4 Å². The Bertz CT molecular complexity index is 673. The van der Waals surface area contributed by atoms with Gasteiger partial charge in [0.15, 0.2) is 5.60 Å². The fourth-order valence-corrected chi connectivity index (χ4v) is 1.79. The molecule has 0 spiro atoms. The fraction of sp³-hybridized carbons (Fsp3) is 0.286. The van der Waals surface area contributed by atoms with Crippen LogP contribution in [-0.4, -0.2) is 39.2 Å². The number of amides is 1. The summed E-state index contributed by atoms with van der Waals surface area (Å²) >= 11 is 0. The van der Waals surface area contributed by atoms with E-state index in [1.807, 2.05) is 25.1 Å². The highest BCUT2D eigenvalue weighted by Crippen LogP contribution is 2.16. The number of hydrogen-bond acceptors (Lipinski definition) is 3. The smallest absolute Gasteiger partial charge is 0.337 e. The van der Waals surface area contributed by atoms with Gasteiger partial charge in [-0.3, -0.25) is 4.79 Å². The molecule has 4 N–H and O–H groups in total. The molecule has 0 saturated heterocycles. The minimum Gasteiger partial charge on any atom is -0.479 e. The molecule has 1 heterocycles. The lowest BCUT2D eigenvalue weighted by molar-refractivity contribution is -0.155. The predicted octanol–water partition coefficient (Wildman–Crippen LogP) is 1.04. The van der Waals surface area contributed by atoms with E-state index in [9.17, 15) is 14.7 Å². The molecule has 20 heavy (non-hydrogen) atoms. The quantitative estimate of drug-likeness (QED) is 0.670. The number of H-pyrrole nitrogens is 1. The van der Waals surface area contributed by atoms with Crippen molar-refractivity contribution in [3.63, 3.8) is 0 Å². The molecule has 106 valence electrons. The van der Waals surface area contributed by atoms with E-state index in [0.29, 0.717) is 5.69 Å². The van der Waals surface area contributed by atoms with Gasteiger partial charge < -0.3 is 20.5 Å². The third-order valence-corrected chi connectivity index (χ3v) is 3.08. The largest absolute Gasteiger partial charge is 0.479 e. The van der Waals surface area contributed by atoms with Gasteiger partial charge >= 0.3 is 5.97 Å². The van der Waals surface area contributed by atoms with Crippen LogP contribution in [0.1, 0.15) is 23.0 Å². The molecule has 0 saturated carbocycles. The summed E-state index contributed by atoms with van der Waals surface area (Å²) in [6, 6.07) is 7.43. The standard InChI is InChI=1S/C14H16N2O4/c1-8-3-4-9-6-11(16-10(9)5-8)12(17)15-7-14(2,20)13(18)19/h3-6,16,20H,7H2,1-2H3,(H,15,17)(H,18,19). The van der Waals surface area contributed by atoms with E-state index in [1.165, 1.54) is 0 Å². The maximum atomic E-state index is 11.9. The van der Waals surface area contributed by atoms with E-state index >= 15 is 0 Å². The average molecular weight is 276 g/mol. The number of aromatic nitrogens is 1. The zero-order valence-corrected chi connectivity index (χ0v) is 11.2. The summed E-state index contributed by atoms with van der Waals surface area (Å²) in [4.78, 5) is 25.6. The van der Waals surface area contributed by atoms with Crippen molar-refractivity contribution < 1.29 is 19.8 Å². The lowest BCUT2D eigenvalue weighted by Crippen LogP contribution is -2.46. The topological polar surface area (TPSA) is 102 Å². The first-order chi connectivity index (χ1) is 9.29. The molecule has 1 amide bonds. The second-order valence-electron chi connectivity index (χ2n) is 5.04. The molecule has 0 aliphatic carbocycles. The minimum absolute atomic E-state index is 0.326. The highest BCUT2D eigenvalue weighted by molar-refractivity contribution is 5.98. The van der Waals surface area contributed by atoms with Crippen molar-refractivity contribution in [3.8, 4) is 0 Å². The number of carboxylic acids is 1. The fourth-order valence-electron chi connectivity index (χ4n) is 1.79. The van der Waals surface area contributed by atoms with Crippen LogP contribution in [0.25, 0.3) is 10.9 Å². The van der Waals surface area contributed by atoms with Gasteiger partial charge in [-0.15, -0.1) is 0 Å². The van der Waals surface area contributed by atoms with E-state index in [-0.39, 0.29) is 6.54 Å². The Labute approximate surface area is 115 Å². The Morgan fingerprint density at radius 2 is 2.05 bits per heavy atom. The molecule has 6 heteroatoms. The highest BCUT2D eigenvalue weighted by Gasteiger charge is 2.30. The Morgan fingerprint density at radius 1 is 1.35 bits per heavy atom. The number of carbonyl (C=O) groups is 2. The molecule has 1 unspecified atom stereocenters. The average Bonchev–Trinajstić information content (AvgIpc) is 2.78. The van der Waals surface area contributed by atoms with Gasteiger partial charge in [0.1, 0.15) is 5.69 Å². The lowest BCUT2D eigenvalue weighted by atomic mass is 10.1. The number of hydrogen-bond donors (Lipinski definition) is 4. The van der Waals surface area contributed by atoms with Crippen LogP contribution in [0.2, 0.25) is 0 Å². The van der Waals surface area contributed by atoms with E-state index in [2.05, 4.69) is 10.3 Å². The second-order valence-corrected chi connectivity index (χ2v) is 5.04. The van der Waals surface area contributed by atoms with Crippen LogP contribution < -0.4 is 5.32 Å². The first-order valence-corrected chi connectivity index (χ1v) is 6.13. The lowest BCUT2D eigenvalue weighted by Gasteiger charge is -2.17. The molecule has 0 fully saturated rings. The highest BCUT2D eigenvalue weighted by atomic mass is 16.4. The summed E-state index contributed by atoms with van der Waals surface area (Å²) in [5.74, 6) is -1.84. The van der Waals surface area contributed by atoms with Crippen molar-refractivity contribution in [1.82, 2.24) is 10.3 Å². The molecule has 6 nitrogen and oxygen atoms in total. The Morgan fingerprint density at radius 3 is 2.70 bits per heavy atom. The number of aromatic amines is 1. The van der Waals surface area contributed by atoms with Gasteiger partial charge in [0.25, 0.3) is 5.91 Å². The van der Waals surface area contributed by atoms with Crippen molar-refractivity contribution in [2.45, 2.75) is 19.4 Å². The van der Waals surface area contributed by atoms with Crippen molar-refractivity contribution >= 4 is 22.8 Å². The van der Waals surface area contributed by atoms with Crippen LogP contribution in [0.15, 0.2) is 24.3 Å². The molecule has 1 atom stereocenters. The van der Waals surface area contributed by atoms with Crippen LogP contribution in [0, 0.1) is 6.92 Å². The number of nitrogens with one attached hydrogen (secondary N) is 2. The van der Waals surface area contributed by atoms with Gasteiger partial charge in [0.2, 0.25) is 0 Å². The van der Waals surface area contributed by atoms with Crippen LogP contribution in [0.4, 0.5) is 0 Å². The minimum atomic E-state index is -1.99. The number of carboxylic acid groups (broad SMARTS) is 1. The summed E-state index contributed by atoms with van der Waals surface area (Å²) in [6.45, 7) is 2.71. The van der Waals surface area contributed by atoms with Gasteiger partial charge in [-0.25, -0.2) is 4.79 Å². The molecule has 1 aromatic carbocycles. The maximum absolute atomic E-state index is 11.9. The predicted molar refractivity (Wildman–Crippen MR) is 73.6 cm³/mol. The summed E-state index contributed by atoms with van der Waals surface area (Å²) in [7, 11) is 0. The molecule has 1 aromatic heterocycles. The van der Waals surface area contributed by atoms with Gasteiger partial charge in [-0.05, 0) is 31.5 Å². The summed E-state index contributed by atoms with van der Waals surface area (Å²) in [5.41, 5.74) is 0.241. The number of rotatable bonds is 4. The van der Waals surface area contributed by atoms with Crippen molar-refractivity contribution in [2.24, 2.45) is 0 Å². The molecule has 0 aliphatic heterocycles. The van der Waals surface area contributed by atoms with Gasteiger partial charge in [-0.2, -0.15) is 0 Å². The van der Waals surface area contributed by atoms with E-state index < -0.39 is 17.5 Å². The van der Waals surface area contributed by atoms with Crippen LogP contribution in [0.5, 0.6) is 0 Å². The molecule has 2 aromatic rings. The van der Waals surface area contributed by atoms with Crippen LogP contribution in [0.3, 0.4) is 0 Å². The zero-order chi connectivity index (χ0) is 14.9. The van der Waals surface area contributed by atoms with Crippen molar-refractivity contribution in [1.29, 1.82) is 0 Å². The Balaban J connectivity index is 2.14. The first kappa shape index (κ1) is 14.1. The second kappa shape index (κ2) is 4.97. The van der Waals surface area contributed by atoms with Crippen molar-refractivity contribution in [2.75, 3.05) is 6.54 Å². The monoisotopic (exact) mass is 276 g/mol. The Hall–Kier alpha value is -2.34. The first-order valence-electron chi connectivity index (χ1n) is 6.13. The van der Waals surface area contributed by atoms with Crippen molar-refractivity contribution in [3.05, 3.63) is 35.5 Å². The Kier molecular flexibility index (Phi) is 3.50. The molecule has 2 rings (SSSR count). The van der Waals surface area contributed by atoms with Gasteiger partial charge in [0, 0.05) is 10.9 Å². The number of aliphatic hydroxyl groups is 1. The third kappa shape index (κ3) is 2.80. The molecule has 0 bridgehead atoms. The number of carbonyl (C=O) groups excluding carboxylic acids is 1. The molecular weight excluding hydrogens is 260 g/mol. The number of fused-ring (bicyclic) bond motifs is 1.